The van der Waals surface area contributed by atoms with Crippen LogP contribution in [0.4, 0.5) is 0 Å². The van der Waals surface area contributed by atoms with Gasteiger partial charge in [-0.05, 0) is 80.6 Å². The van der Waals surface area contributed by atoms with Gasteiger partial charge < -0.3 is 74.4 Å². The van der Waals surface area contributed by atoms with E-state index in [1.54, 1.807) is 13.8 Å². The fraction of sp³-hybridized carbons (Fsp3) is 0.578. The van der Waals surface area contributed by atoms with Crippen LogP contribution < -0.4 is 49.1 Å². The zero-order chi connectivity index (χ0) is 54.9. The zero-order valence-corrected chi connectivity index (χ0v) is 40.4. The number of hydrogen-bond donors (Lipinski definition) is 13. The molecule has 0 bridgehead atoms. The van der Waals surface area contributed by atoms with Crippen molar-refractivity contribution in [2.24, 2.45) is 28.2 Å². The van der Waals surface area contributed by atoms with Crippen LogP contribution in [0.15, 0.2) is 29.4 Å². The van der Waals surface area contributed by atoms with E-state index in [4.69, 9.17) is 29.2 Å². The number of likely N-dealkylation sites (tertiary alicyclic amines) is 1. The molecule has 1 aliphatic rings. The molecule has 16 N–H and O–H groups in total. The number of benzene rings is 1. The van der Waals surface area contributed by atoms with Gasteiger partial charge in [0.05, 0.1) is 18.5 Å². The van der Waals surface area contributed by atoms with Gasteiger partial charge in [-0.3, -0.25) is 52.7 Å². The van der Waals surface area contributed by atoms with Crippen molar-refractivity contribution in [2.75, 3.05) is 13.1 Å². The van der Waals surface area contributed by atoms with Crippen molar-refractivity contribution in [1.82, 2.24) is 36.8 Å². The highest BCUT2D eigenvalue weighted by Crippen LogP contribution is 2.21. The van der Waals surface area contributed by atoms with Crippen LogP contribution in [0.5, 0.6) is 5.75 Å². The van der Waals surface area contributed by atoms with Gasteiger partial charge in [0.15, 0.2) is 0 Å². The number of aromatic hydroxyl groups is 1. The van der Waals surface area contributed by atoms with E-state index in [-0.39, 0.29) is 63.3 Å². The van der Waals surface area contributed by atoms with Gasteiger partial charge in [-0.15, -0.1) is 12.3 Å². The number of nitrogens with one attached hydrogen (secondary N) is 6. The predicted molar refractivity (Wildman–Crippen MR) is 255 cm³/mol. The lowest BCUT2D eigenvalue weighted by Gasteiger charge is -2.31. The Balaban J connectivity index is 2.44. The van der Waals surface area contributed by atoms with Crippen LogP contribution in [0.25, 0.3) is 10.4 Å². The Hall–Kier alpha value is -8.02. The monoisotopic (exact) mass is 1030 g/mol. The highest BCUT2D eigenvalue weighted by molar-refractivity contribution is 5.99. The van der Waals surface area contributed by atoms with E-state index in [9.17, 15) is 73.2 Å². The van der Waals surface area contributed by atoms with Crippen LogP contribution in [0.2, 0.25) is 0 Å². The summed E-state index contributed by atoms with van der Waals surface area (Å²) in [5.74, 6) is -10.8. The first-order chi connectivity index (χ1) is 34.4. The van der Waals surface area contributed by atoms with Crippen LogP contribution >= 0.6 is 0 Å². The van der Waals surface area contributed by atoms with Crippen LogP contribution in [0.3, 0.4) is 0 Å². The molecule has 1 heterocycles. The van der Waals surface area contributed by atoms with Gasteiger partial charge in [0, 0.05) is 37.1 Å². The second-order valence-electron chi connectivity index (χ2n) is 17.6. The average Bonchev–Trinajstić information content (AvgIpc) is 3.82. The van der Waals surface area contributed by atoms with Gasteiger partial charge in [-0.2, -0.15) is 0 Å². The summed E-state index contributed by atoms with van der Waals surface area (Å²) in [5, 5.41) is 56.3. The summed E-state index contributed by atoms with van der Waals surface area (Å²) in [4.78, 5) is 148. The Kier molecular flexibility index (Phi) is 25.7. The van der Waals surface area contributed by atoms with Crippen molar-refractivity contribution in [3.05, 3.63) is 40.3 Å². The topological polar surface area (TPSA) is 471 Å². The Morgan fingerprint density at radius 2 is 1.30 bits per heavy atom. The minimum atomic E-state index is -1.98. The Morgan fingerprint density at radius 1 is 0.767 bits per heavy atom. The van der Waals surface area contributed by atoms with Gasteiger partial charge in [0.1, 0.15) is 48.0 Å². The van der Waals surface area contributed by atoms with Gasteiger partial charge in [-0.1, -0.05) is 31.1 Å². The summed E-state index contributed by atoms with van der Waals surface area (Å²) in [6, 6.07) is -8.17. The van der Waals surface area contributed by atoms with Crippen molar-refractivity contribution in [2.45, 2.75) is 145 Å². The maximum Gasteiger partial charge on any atom is 0.305 e. The first-order valence-corrected chi connectivity index (χ1v) is 23.2. The molecule has 400 valence electrons. The average molecular weight is 1030 g/mol. The van der Waals surface area contributed by atoms with Crippen molar-refractivity contribution in [1.29, 1.82) is 0 Å². The molecule has 9 atom stereocenters. The molecule has 1 aromatic carbocycles. The Bertz CT molecular complexity index is 2250. The lowest BCUT2D eigenvalue weighted by atomic mass is 10.0. The van der Waals surface area contributed by atoms with E-state index in [2.05, 4.69) is 47.8 Å². The fourth-order valence-electron chi connectivity index (χ4n) is 7.57. The molecule has 0 saturated carbocycles. The number of terminal acetylenes is 1. The lowest BCUT2D eigenvalue weighted by Crippen LogP contribution is -2.60. The first-order valence-electron chi connectivity index (χ1n) is 23.2. The number of carboxylic acid groups (broad SMARTS) is 3. The smallest absolute Gasteiger partial charge is 0.305 e. The molecule has 2 rings (SSSR count). The van der Waals surface area contributed by atoms with E-state index < -0.39 is 152 Å². The molecule has 28 heteroatoms. The van der Waals surface area contributed by atoms with Gasteiger partial charge in [0.25, 0.3) is 0 Å². The van der Waals surface area contributed by atoms with Crippen LogP contribution in [0.1, 0.15) is 90.0 Å². The second kappa shape index (κ2) is 30.7. The minimum Gasteiger partial charge on any atom is -0.508 e. The molecule has 1 saturated heterocycles. The quantitative estimate of drug-likeness (QED) is 0.0152. The van der Waals surface area contributed by atoms with E-state index in [0.29, 0.717) is 12.0 Å². The molecule has 1 aliphatic heterocycles. The number of phenolic OH excluding ortho intramolecular Hbond substituents is 1. The summed E-state index contributed by atoms with van der Waals surface area (Å²) in [7, 11) is 0. The number of nitrogens with zero attached hydrogens (tertiary/aromatic N) is 4. The third kappa shape index (κ3) is 21.1. The summed E-state index contributed by atoms with van der Waals surface area (Å²) < 4.78 is 0. The molecular formula is C45H65N13O15. The number of azide groups is 1. The number of phenols is 1. The molecule has 1 fully saturated rings. The zero-order valence-electron chi connectivity index (χ0n) is 40.4. The third-order valence-electron chi connectivity index (χ3n) is 11.3. The van der Waals surface area contributed by atoms with E-state index >= 15 is 0 Å². The molecular weight excluding hydrogens is 963 g/mol. The van der Waals surface area contributed by atoms with Crippen molar-refractivity contribution < 1.29 is 73.2 Å². The molecule has 0 spiro atoms. The summed E-state index contributed by atoms with van der Waals surface area (Å²) in [6.45, 7) is 3.46. The number of carbonyl (C=O) groups excluding carboxylic acids is 8. The van der Waals surface area contributed by atoms with Gasteiger partial charge in [0.2, 0.25) is 47.3 Å². The van der Waals surface area contributed by atoms with Crippen molar-refractivity contribution >= 4 is 65.2 Å². The minimum absolute atomic E-state index is 0.00658. The number of rotatable bonds is 32. The van der Waals surface area contributed by atoms with E-state index in [0.717, 1.165) is 4.90 Å². The highest BCUT2D eigenvalue weighted by Gasteiger charge is 2.41. The summed E-state index contributed by atoms with van der Waals surface area (Å²) >= 11 is 0. The van der Waals surface area contributed by atoms with Gasteiger partial charge in [-0.25, -0.2) is 0 Å². The predicted octanol–water partition coefficient (Wildman–Crippen LogP) is -2.66. The van der Waals surface area contributed by atoms with Crippen molar-refractivity contribution in [3.63, 3.8) is 0 Å². The fourth-order valence-corrected chi connectivity index (χ4v) is 7.57. The maximum absolute atomic E-state index is 14.3. The Morgan fingerprint density at radius 3 is 1.85 bits per heavy atom. The number of amides is 8. The maximum atomic E-state index is 14.3. The highest BCUT2D eigenvalue weighted by atomic mass is 16.4. The van der Waals surface area contributed by atoms with Crippen molar-refractivity contribution in [3.8, 4) is 18.1 Å². The van der Waals surface area contributed by atoms with Gasteiger partial charge >= 0.3 is 17.9 Å². The van der Waals surface area contributed by atoms with Crippen LogP contribution in [0, 0.1) is 18.3 Å². The normalized spacial score (nSPS) is 16.2. The second-order valence-corrected chi connectivity index (χ2v) is 17.6. The molecule has 73 heavy (non-hydrogen) atoms. The van der Waals surface area contributed by atoms with E-state index in [1.165, 1.54) is 24.3 Å². The number of nitrogens with two attached hydrogens (primary N) is 3. The SMILES string of the molecule is C#CCC(NC(=O)[C@H](CCC(=O)O)NC(=O)[C@H](CC(C)C)NC(=O)[C@@H]1CCCN1C(=O)[C@H](CCC(=O)O)NC(=O)[C@H](CC(=O)O)NC(=O)[C@H](Cc1ccc(O)cc1)NC(=O)[C@@H](N)C(CCCN)N=[N+]=[N-])C(N)=O. The largest absolute Gasteiger partial charge is 0.508 e. The molecule has 0 aliphatic carbocycles. The number of carbonyl (C=O) groups is 11. The number of hydrogen-bond acceptors (Lipinski definition) is 15. The molecule has 2 unspecified atom stereocenters. The van der Waals surface area contributed by atoms with E-state index in [1.807, 2.05) is 0 Å². The lowest BCUT2D eigenvalue weighted by molar-refractivity contribution is -0.144. The molecule has 0 radical (unpaired) electrons. The Labute approximate surface area is 419 Å². The van der Waals surface area contributed by atoms with Crippen LogP contribution in [-0.4, -0.2) is 158 Å². The standard InChI is InChI=1S/C45H65N13O15/c1-4-7-27(38(48)66)50-39(67)28(14-16-34(60)61)51-40(68)30(20-23(2)3)54-43(71)33-9-6-19-58(33)45(73)29(15-17-35(62)63)52-42(70)32(22-36(64)65)53-41(69)31(21-24-10-12-25(59)13-11-24)55-44(72)37(47)26(56-57-49)8-5-18-46/h1,10-13,23,26-33,37,59H,5-9,14-22,46-47H2,2-3H3,(H2,48,66)(H,50,67)(H,51,68)(H,52,70)(H,53,69)(H,54,71)(H,55,72)(H,60,61)(H,62,63)(H,64,65)/t26?,27?,28-,29-,30-,31-,32-,33-,37-/m0/s1. The number of aliphatic carboxylic acids is 3. The molecule has 0 aromatic heterocycles. The number of primary amides is 1. The third-order valence-corrected chi connectivity index (χ3v) is 11.3. The first kappa shape index (κ1) is 61.1. The van der Waals surface area contributed by atoms with Crippen LogP contribution in [-0.2, 0) is 59.2 Å². The number of carboxylic acids is 3. The summed E-state index contributed by atoms with van der Waals surface area (Å²) in [6.07, 6.45) is 1.73. The molecule has 1 aromatic rings. The summed E-state index contributed by atoms with van der Waals surface area (Å²) in [5.41, 5.74) is 26.4. The molecule has 8 amide bonds. The molecule has 28 nitrogen and oxygen atoms in total.